The van der Waals surface area contributed by atoms with Gasteiger partial charge in [-0.2, -0.15) is 0 Å². The number of carbonyl (C=O) groups is 2. The van der Waals surface area contributed by atoms with Crippen LogP contribution in [0.4, 0.5) is 0 Å². The molecule has 5 nitrogen and oxygen atoms in total. The largest absolute Gasteiger partial charge is 0.481 e. The van der Waals surface area contributed by atoms with Crippen molar-refractivity contribution in [2.24, 2.45) is 11.8 Å². The van der Waals surface area contributed by atoms with Crippen molar-refractivity contribution in [2.75, 3.05) is 0 Å². The number of carboxylic acids is 1. The second kappa shape index (κ2) is 4.64. The number of rotatable bonds is 4. The Kier molecular flexibility index (Phi) is 3.38. The van der Waals surface area contributed by atoms with Gasteiger partial charge in [0.1, 0.15) is 0 Å². The number of ether oxygens (including phenoxy) is 1. The summed E-state index contributed by atoms with van der Waals surface area (Å²) in [5.74, 6) is -2.27. The minimum atomic E-state index is -0.915. The molecule has 5 heteroatoms. The molecule has 0 spiro atoms. The topological polar surface area (TPSA) is 75.6 Å². The van der Waals surface area contributed by atoms with Gasteiger partial charge in [-0.3, -0.25) is 9.59 Å². The number of carboxylic acid groups (broad SMARTS) is 1. The third-order valence-electron chi connectivity index (χ3n) is 3.86. The Bertz CT molecular complexity index is 330. The summed E-state index contributed by atoms with van der Waals surface area (Å²) in [6, 6.07) is 0.0797. The van der Waals surface area contributed by atoms with Gasteiger partial charge in [-0.15, -0.1) is 0 Å². The highest BCUT2D eigenvalue weighted by Gasteiger charge is 2.55. The van der Waals surface area contributed by atoms with Gasteiger partial charge < -0.3 is 15.2 Å². The Balaban J connectivity index is 2.08. The maximum atomic E-state index is 12.1. The first-order valence-electron chi connectivity index (χ1n) is 6.23. The first-order valence-corrected chi connectivity index (χ1v) is 6.23. The predicted molar refractivity (Wildman–Crippen MR) is 60.4 cm³/mol. The van der Waals surface area contributed by atoms with Crippen molar-refractivity contribution < 1.29 is 19.4 Å². The molecule has 5 atom stereocenters. The van der Waals surface area contributed by atoms with Crippen molar-refractivity contribution in [3.8, 4) is 0 Å². The zero-order valence-electron chi connectivity index (χ0n) is 10.2. The van der Waals surface area contributed by atoms with Crippen LogP contribution in [-0.2, 0) is 14.3 Å². The molecule has 2 heterocycles. The fourth-order valence-electron chi connectivity index (χ4n) is 2.77. The van der Waals surface area contributed by atoms with E-state index in [0.717, 1.165) is 19.3 Å². The molecule has 0 aromatic rings. The number of hydrogen-bond acceptors (Lipinski definition) is 3. The molecule has 2 saturated heterocycles. The summed E-state index contributed by atoms with van der Waals surface area (Å²) in [6.07, 6.45) is 1.92. The molecule has 0 unspecified atom stereocenters. The lowest BCUT2D eigenvalue weighted by atomic mass is 9.78. The SMILES string of the molecule is CC[C@H](C)NC(=O)[C@@H]1[C@H](C(=O)O)[C@H]2CC[C@H]1O2. The molecule has 2 N–H and O–H groups in total. The fourth-order valence-corrected chi connectivity index (χ4v) is 2.77. The average molecular weight is 241 g/mol. The van der Waals surface area contributed by atoms with Crippen LogP contribution in [0.5, 0.6) is 0 Å². The number of fused-ring (bicyclic) bond motifs is 2. The monoisotopic (exact) mass is 241 g/mol. The molecular weight excluding hydrogens is 222 g/mol. The van der Waals surface area contributed by atoms with Crippen LogP contribution in [0.3, 0.4) is 0 Å². The van der Waals surface area contributed by atoms with E-state index in [1.807, 2.05) is 13.8 Å². The number of hydrogen-bond donors (Lipinski definition) is 2. The second-order valence-corrected chi connectivity index (χ2v) is 5.00. The molecule has 0 aromatic heterocycles. The van der Waals surface area contributed by atoms with E-state index in [1.54, 1.807) is 0 Å². The van der Waals surface area contributed by atoms with Gasteiger partial charge >= 0.3 is 5.97 Å². The quantitative estimate of drug-likeness (QED) is 0.762. The van der Waals surface area contributed by atoms with E-state index < -0.39 is 17.8 Å². The van der Waals surface area contributed by atoms with Crippen LogP contribution >= 0.6 is 0 Å². The van der Waals surface area contributed by atoms with E-state index in [4.69, 9.17) is 4.74 Å². The van der Waals surface area contributed by atoms with E-state index in [9.17, 15) is 14.7 Å². The maximum absolute atomic E-state index is 12.1. The molecule has 0 radical (unpaired) electrons. The minimum Gasteiger partial charge on any atom is -0.481 e. The van der Waals surface area contributed by atoms with Crippen LogP contribution in [0.15, 0.2) is 0 Å². The highest BCUT2D eigenvalue weighted by Crippen LogP contribution is 2.43. The van der Waals surface area contributed by atoms with Gasteiger partial charge in [0.15, 0.2) is 0 Å². The zero-order chi connectivity index (χ0) is 12.6. The van der Waals surface area contributed by atoms with Crippen molar-refractivity contribution in [1.29, 1.82) is 0 Å². The summed E-state index contributed by atoms with van der Waals surface area (Å²) in [5.41, 5.74) is 0. The Morgan fingerprint density at radius 2 is 1.94 bits per heavy atom. The van der Waals surface area contributed by atoms with E-state index in [1.165, 1.54) is 0 Å². The van der Waals surface area contributed by atoms with Gasteiger partial charge in [-0.05, 0) is 26.2 Å². The molecule has 0 aliphatic carbocycles. The van der Waals surface area contributed by atoms with Crippen molar-refractivity contribution in [2.45, 2.75) is 51.4 Å². The Labute approximate surface area is 101 Å². The molecule has 1 amide bonds. The van der Waals surface area contributed by atoms with Crippen molar-refractivity contribution in [3.63, 3.8) is 0 Å². The van der Waals surface area contributed by atoms with Gasteiger partial charge in [-0.1, -0.05) is 6.92 Å². The summed E-state index contributed by atoms with van der Waals surface area (Å²) in [4.78, 5) is 23.3. The molecule has 0 saturated carbocycles. The average Bonchev–Trinajstić information content (AvgIpc) is 2.87. The Morgan fingerprint density at radius 1 is 1.35 bits per heavy atom. The summed E-state index contributed by atoms with van der Waals surface area (Å²) in [5, 5.41) is 12.0. The zero-order valence-corrected chi connectivity index (χ0v) is 10.2. The molecule has 2 bridgehead atoms. The van der Waals surface area contributed by atoms with Gasteiger partial charge in [0, 0.05) is 6.04 Å². The summed E-state index contributed by atoms with van der Waals surface area (Å²) in [7, 11) is 0. The highest BCUT2D eigenvalue weighted by atomic mass is 16.5. The number of amides is 1. The normalized spacial score (nSPS) is 36.8. The van der Waals surface area contributed by atoms with Gasteiger partial charge in [0.05, 0.1) is 24.0 Å². The molecule has 2 rings (SSSR count). The molecule has 2 fully saturated rings. The van der Waals surface area contributed by atoms with Gasteiger partial charge in [0.25, 0.3) is 0 Å². The lowest BCUT2D eigenvalue weighted by molar-refractivity contribution is -0.148. The molecule has 0 aromatic carbocycles. The minimum absolute atomic E-state index is 0.0797. The Morgan fingerprint density at radius 3 is 2.47 bits per heavy atom. The lowest BCUT2D eigenvalue weighted by Gasteiger charge is -2.25. The number of carbonyl (C=O) groups excluding carboxylic acids is 1. The molecule has 96 valence electrons. The number of aliphatic carboxylic acids is 1. The Hall–Kier alpha value is -1.10. The summed E-state index contributed by atoms with van der Waals surface area (Å²) < 4.78 is 5.55. The second-order valence-electron chi connectivity index (χ2n) is 5.00. The predicted octanol–water partition coefficient (Wildman–Crippen LogP) is 0.779. The van der Waals surface area contributed by atoms with Gasteiger partial charge in [-0.25, -0.2) is 0 Å². The van der Waals surface area contributed by atoms with Gasteiger partial charge in [0.2, 0.25) is 5.91 Å². The molecular formula is C12H19NO4. The molecule has 2 aliphatic rings. The summed E-state index contributed by atoms with van der Waals surface area (Å²) in [6.45, 7) is 3.90. The number of nitrogens with one attached hydrogen (secondary N) is 1. The van der Waals surface area contributed by atoms with Crippen molar-refractivity contribution >= 4 is 11.9 Å². The van der Waals surface area contributed by atoms with Crippen molar-refractivity contribution in [3.05, 3.63) is 0 Å². The maximum Gasteiger partial charge on any atom is 0.310 e. The fraction of sp³-hybridized carbons (Fsp3) is 0.833. The first kappa shape index (κ1) is 12.4. The molecule has 2 aliphatic heterocycles. The van der Waals surface area contributed by atoms with Crippen LogP contribution in [-0.4, -0.2) is 35.2 Å². The van der Waals surface area contributed by atoms with E-state index in [2.05, 4.69) is 5.32 Å². The van der Waals surface area contributed by atoms with E-state index in [0.29, 0.717) is 0 Å². The standard InChI is InChI=1S/C12H19NO4/c1-3-6(2)13-11(14)9-7-4-5-8(17-7)10(9)12(15)16/h6-10H,3-5H2,1-2H3,(H,13,14)(H,15,16)/t6-,7+,8+,9-,10+/m0/s1. The van der Waals surface area contributed by atoms with Crippen LogP contribution < -0.4 is 5.32 Å². The van der Waals surface area contributed by atoms with Crippen molar-refractivity contribution in [1.82, 2.24) is 5.32 Å². The van der Waals surface area contributed by atoms with Crippen LogP contribution in [0.1, 0.15) is 33.1 Å². The van der Waals surface area contributed by atoms with E-state index >= 15 is 0 Å². The van der Waals surface area contributed by atoms with Crippen LogP contribution in [0.25, 0.3) is 0 Å². The first-order chi connectivity index (χ1) is 8.04. The third-order valence-corrected chi connectivity index (χ3v) is 3.86. The smallest absolute Gasteiger partial charge is 0.310 e. The van der Waals surface area contributed by atoms with Crippen LogP contribution in [0.2, 0.25) is 0 Å². The third kappa shape index (κ3) is 2.16. The highest BCUT2D eigenvalue weighted by molar-refractivity contribution is 5.86. The lowest BCUT2D eigenvalue weighted by Crippen LogP contribution is -2.46. The van der Waals surface area contributed by atoms with Crippen LogP contribution in [0, 0.1) is 11.8 Å². The van der Waals surface area contributed by atoms with E-state index in [-0.39, 0.29) is 24.2 Å². The molecule has 17 heavy (non-hydrogen) atoms. The summed E-state index contributed by atoms with van der Waals surface area (Å²) >= 11 is 0.